The zero-order chi connectivity index (χ0) is 17.9. The van der Waals surface area contributed by atoms with Crippen LogP contribution in [0.15, 0.2) is 29.4 Å². The molecule has 0 spiro atoms. The topological polar surface area (TPSA) is 77.0 Å². The molecular formula is C16H22ClN5OS. The van der Waals surface area contributed by atoms with Crippen LogP contribution in [0.1, 0.15) is 27.7 Å². The molecule has 2 N–H and O–H groups in total. The molecule has 0 fully saturated rings. The van der Waals surface area contributed by atoms with Crippen molar-refractivity contribution in [3.63, 3.8) is 0 Å². The molecule has 0 bridgehead atoms. The van der Waals surface area contributed by atoms with Crippen LogP contribution in [0.2, 0.25) is 5.02 Å². The fraction of sp³-hybridized carbons (Fsp3) is 0.438. The maximum absolute atomic E-state index is 12.4. The minimum absolute atomic E-state index is 0.0531. The van der Waals surface area contributed by atoms with E-state index in [0.29, 0.717) is 16.0 Å². The van der Waals surface area contributed by atoms with Gasteiger partial charge in [0.15, 0.2) is 5.82 Å². The molecule has 6 nitrogen and oxygen atoms in total. The number of amides is 1. The van der Waals surface area contributed by atoms with E-state index in [9.17, 15) is 4.79 Å². The highest BCUT2D eigenvalue weighted by Gasteiger charge is 2.21. The number of carbonyl (C=O) groups excluding carboxylic acids is 1. The Morgan fingerprint density at radius 3 is 2.54 bits per heavy atom. The number of thioether (sulfide) groups is 1. The van der Waals surface area contributed by atoms with Crippen LogP contribution >= 0.6 is 23.4 Å². The number of nitrogens with two attached hydrogens (primary N) is 1. The van der Waals surface area contributed by atoms with Gasteiger partial charge in [-0.2, -0.15) is 0 Å². The number of halogens is 1. The third-order valence-electron chi connectivity index (χ3n) is 3.47. The van der Waals surface area contributed by atoms with Crippen molar-refractivity contribution in [1.82, 2.24) is 19.8 Å². The highest BCUT2D eigenvalue weighted by Crippen LogP contribution is 2.24. The Morgan fingerprint density at radius 1 is 1.29 bits per heavy atom. The summed E-state index contributed by atoms with van der Waals surface area (Å²) in [4.78, 5) is 14.3. The lowest BCUT2D eigenvalue weighted by Crippen LogP contribution is -2.43. The van der Waals surface area contributed by atoms with Gasteiger partial charge in [-0.1, -0.05) is 35.5 Å². The number of benzene rings is 1. The summed E-state index contributed by atoms with van der Waals surface area (Å²) >= 11 is 7.28. The summed E-state index contributed by atoms with van der Waals surface area (Å²) in [5.74, 6) is 6.90. The number of rotatable bonds is 6. The van der Waals surface area contributed by atoms with Crippen molar-refractivity contribution >= 4 is 29.3 Å². The quantitative estimate of drug-likeness (QED) is 0.627. The number of nitrogen functional groups attached to an aromatic ring is 1. The molecule has 1 amide bonds. The zero-order valence-corrected chi connectivity index (χ0v) is 15.8. The Balaban J connectivity index is 2.11. The molecule has 24 heavy (non-hydrogen) atoms. The van der Waals surface area contributed by atoms with Crippen molar-refractivity contribution in [2.24, 2.45) is 0 Å². The normalized spacial score (nSPS) is 11.3. The van der Waals surface area contributed by atoms with Crippen molar-refractivity contribution in [3.8, 4) is 11.4 Å². The van der Waals surface area contributed by atoms with Crippen LogP contribution in [0, 0.1) is 0 Å². The molecule has 130 valence electrons. The average Bonchev–Trinajstić information content (AvgIpc) is 2.85. The molecular weight excluding hydrogens is 346 g/mol. The molecule has 1 aromatic carbocycles. The van der Waals surface area contributed by atoms with Crippen LogP contribution in [0.3, 0.4) is 0 Å². The number of hydrogen-bond donors (Lipinski definition) is 1. The fourth-order valence-corrected chi connectivity index (χ4v) is 3.49. The van der Waals surface area contributed by atoms with Gasteiger partial charge in [-0.15, -0.1) is 10.2 Å². The van der Waals surface area contributed by atoms with E-state index < -0.39 is 0 Å². The largest absolute Gasteiger partial charge is 0.337 e. The summed E-state index contributed by atoms with van der Waals surface area (Å²) in [6.07, 6.45) is 0. The van der Waals surface area contributed by atoms with Crippen molar-refractivity contribution in [3.05, 3.63) is 29.3 Å². The SMILES string of the molecule is CC(C)N(C(=O)CSc1nnc(-c2cccc(Cl)c2)n1N)C(C)C. The second kappa shape index (κ2) is 7.90. The van der Waals surface area contributed by atoms with Gasteiger partial charge in [0.05, 0.1) is 5.75 Å². The van der Waals surface area contributed by atoms with E-state index in [0.717, 1.165) is 5.56 Å². The van der Waals surface area contributed by atoms with E-state index in [-0.39, 0.29) is 23.7 Å². The molecule has 0 saturated heterocycles. The Hall–Kier alpha value is -1.73. The zero-order valence-electron chi connectivity index (χ0n) is 14.2. The first-order chi connectivity index (χ1) is 11.3. The highest BCUT2D eigenvalue weighted by atomic mass is 35.5. The van der Waals surface area contributed by atoms with E-state index in [1.165, 1.54) is 16.4 Å². The second-order valence-electron chi connectivity index (χ2n) is 5.96. The number of aromatic nitrogens is 3. The molecule has 0 radical (unpaired) electrons. The lowest BCUT2D eigenvalue weighted by molar-refractivity contribution is -0.131. The number of carbonyl (C=O) groups is 1. The van der Waals surface area contributed by atoms with Gasteiger partial charge < -0.3 is 10.7 Å². The third-order valence-corrected chi connectivity index (χ3v) is 4.64. The van der Waals surface area contributed by atoms with E-state index >= 15 is 0 Å². The van der Waals surface area contributed by atoms with Crippen LogP contribution in [-0.2, 0) is 4.79 Å². The summed E-state index contributed by atoms with van der Waals surface area (Å²) in [6, 6.07) is 7.53. The molecule has 0 saturated carbocycles. The molecule has 0 aliphatic carbocycles. The second-order valence-corrected chi connectivity index (χ2v) is 7.34. The average molecular weight is 368 g/mol. The monoisotopic (exact) mass is 367 g/mol. The molecule has 1 aromatic heterocycles. The summed E-state index contributed by atoms with van der Waals surface area (Å²) in [6.45, 7) is 8.02. The third kappa shape index (κ3) is 4.21. The molecule has 8 heteroatoms. The maximum Gasteiger partial charge on any atom is 0.233 e. The summed E-state index contributed by atoms with van der Waals surface area (Å²) in [7, 11) is 0. The summed E-state index contributed by atoms with van der Waals surface area (Å²) in [5.41, 5.74) is 0.779. The summed E-state index contributed by atoms with van der Waals surface area (Å²) < 4.78 is 1.39. The molecule has 0 atom stereocenters. The van der Waals surface area contributed by atoms with Crippen LogP contribution in [0.25, 0.3) is 11.4 Å². The molecule has 0 aliphatic rings. The Morgan fingerprint density at radius 2 is 1.96 bits per heavy atom. The lowest BCUT2D eigenvalue weighted by Gasteiger charge is -2.30. The van der Waals surface area contributed by atoms with Crippen LogP contribution in [-0.4, -0.2) is 43.5 Å². The molecule has 2 aromatic rings. The molecule has 1 heterocycles. The van der Waals surface area contributed by atoms with E-state index in [4.69, 9.17) is 17.4 Å². The van der Waals surface area contributed by atoms with Gasteiger partial charge in [0.1, 0.15) is 0 Å². The van der Waals surface area contributed by atoms with Crippen LogP contribution in [0.5, 0.6) is 0 Å². The molecule has 0 unspecified atom stereocenters. The van der Waals surface area contributed by atoms with Gasteiger partial charge in [0, 0.05) is 22.7 Å². The van der Waals surface area contributed by atoms with Gasteiger partial charge in [-0.25, -0.2) is 4.68 Å². The minimum atomic E-state index is 0.0531. The fourth-order valence-electron chi connectivity index (χ4n) is 2.57. The smallest absolute Gasteiger partial charge is 0.233 e. The van der Waals surface area contributed by atoms with Crippen molar-refractivity contribution in [2.45, 2.75) is 44.9 Å². The van der Waals surface area contributed by atoms with Crippen molar-refractivity contribution in [2.75, 3.05) is 11.6 Å². The van der Waals surface area contributed by atoms with Gasteiger partial charge in [0.25, 0.3) is 0 Å². The first-order valence-corrected chi connectivity index (χ1v) is 9.08. The lowest BCUT2D eigenvalue weighted by atomic mass is 10.2. The van der Waals surface area contributed by atoms with Gasteiger partial charge >= 0.3 is 0 Å². The first-order valence-electron chi connectivity index (χ1n) is 7.71. The highest BCUT2D eigenvalue weighted by molar-refractivity contribution is 7.99. The Bertz CT molecular complexity index is 708. The van der Waals surface area contributed by atoms with E-state index in [2.05, 4.69) is 10.2 Å². The van der Waals surface area contributed by atoms with Gasteiger partial charge in [-0.05, 0) is 39.8 Å². The molecule has 2 rings (SSSR count). The van der Waals surface area contributed by atoms with Gasteiger partial charge in [0.2, 0.25) is 11.1 Å². The number of nitrogens with zero attached hydrogens (tertiary/aromatic N) is 4. The molecule has 0 aliphatic heterocycles. The minimum Gasteiger partial charge on any atom is -0.337 e. The van der Waals surface area contributed by atoms with Crippen molar-refractivity contribution in [1.29, 1.82) is 0 Å². The van der Waals surface area contributed by atoms with Crippen LogP contribution in [0.4, 0.5) is 0 Å². The number of hydrogen-bond acceptors (Lipinski definition) is 5. The standard InChI is InChI=1S/C16H22ClN5OS/c1-10(2)21(11(3)4)14(23)9-24-16-20-19-15(22(16)18)12-6-5-7-13(17)8-12/h5-8,10-11H,9,18H2,1-4H3. The van der Waals surface area contributed by atoms with Crippen molar-refractivity contribution < 1.29 is 4.79 Å². The van der Waals surface area contributed by atoms with E-state index in [1.807, 2.05) is 44.7 Å². The van der Waals surface area contributed by atoms with Crippen LogP contribution < -0.4 is 5.84 Å². The summed E-state index contributed by atoms with van der Waals surface area (Å²) in [5, 5.41) is 9.28. The Labute approximate surface area is 151 Å². The maximum atomic E-state index is 12.4. The Kier molecular flexibility index (Phi) is 6.12. The predicted molar refractivity (Wildman–Crippen MR) is 98.5 cm³/mol. The predicted octanol–water partition coefficient (Wildman–Crippen LogP) is 3.05. The van der Waals surface area contributed by atoms with Gasteiger partial charge in [-0.3, -0.25) is 4.79 Å². The van der Waals surface area contributed by atoms with E-state index in [1.54, 1.807) is 12.1 Å². The first kappa shape index (κ1) is 18.6.